The van der Waals surface area contributed by atoms with Gasteiger partial charge in [0, 0.05) is 12.2 Å². The van der Waals surface area contributed by atoms with Crippen LogP contribution in [-0.2, 0) is 4.79 Å². The van der Waals surface area contributed by atoms with Crippen molar-refractivity contribution >= 4 is 52.2 Å². The van der Waals surface area contributed by atoms with E-state index in [1.165, 1.54) is 17.0 Å². The largest absolute Gasteiger partial charge is 0.395 e. The summed E-state index contributed by atoms with van der Waals surface area (Å²) in [5, 5.41) is 2.62. The van der Waals surface area contributed by atoms with Crippen molar-refractivity contribution in [2.45, 2.75) is 39.7 Å². The third-order valence-electron chi connectivity index (χ3n) is 4.58. The number of primary amides is 1. The van der Waals surface area contributed by atoms with Crippen molar-refractivity contribution in [3.05, 3.63) is 39.6 Å². The molecule has 0 bridgehead atoms. The van der Waals surface area contributed by atoms with Gasteiger partial charge in [0.2, 0.25) is 5.91 Å². The highest BCUT2D eigenvalue weighted by Crippen LogP contribution is 2.30. The normalized spacial score (nSPS) is 11.9. The molecule has 1 aromatic carbocycles. The van der Waals surface area contributed by atoms with Crippen molar-refractivity contribution in [3.63, 3.8) is 0 Å². The number of nitrogens with one attached hydrogen (secondary N) is 1. The summed E-state index contributed by atoms with van der Waals surface area (Å²) in [7, 11) is 0. The Balaban J connectivity index is 2.49. The molecule has 0 unspecified atom stereocenters. The van der Waals surface area contributed by atoms with Gasteiger partial charge in [0.05, 0.1) is 10.7 Å². The lowest BCUT2D eigenvalue weighted by Crippen LogP contribution is -2.50. The third-order valence-corrected chi connectivity index (χ3v) is 5.72. The third kappa shape index (κ3) is 5.71. The second-order valence-electron chi connectivity index (χ2n) is 7.31. The van der Waals surface area contributed by atoms with Crippen molar-refractivity contribution in [2.75, 3.05) is 17.2 Å². The molecule has 2 rings (SSSR count). The van der Waals surface area contributed by atoms with Crippen LogP contribution in [0.4, 0.5) is 15.8 Å². The van der Waals surface area contributed by atoms with Gasteiger partial charge in [-0.25, -0.2) is 4.39 Å². The summed E-state index contributed by atoms with van der Waals surface area (Å²) in [6, 6.07) is 2.77. The summed E-state index contributed by atoms with van der Waals surface area (Å²) in [6.45, 7) is 6.24. The Morgan fingerprint density at radius 3 is 2.52 bits per heavy atom. The van der Waals surface area contributed by atoms with Gasteiger partial charge in [-0.15, -0.1) is 0 Å². The number of aromatic nitrogens is 1. The van der Waals surface area contributed by atoms with Crippen LogP contribution in [-0.4, -0.2) is 34.7 Å². The van der Waals surface area contributed by atoms with E-state index in [0.717, 1.165) is 12.5 Å². The molecule has 0 fully saturated rings. The molecule has 0 aliphatic rings. The molecular formula is C20H25ClFN5O3S. The van der Waals surface area contributed by atoms with Gasteiger partial charge < -0.3 is 16.8 Å². The van der Waals surface area contributed by atoms with Crippen LogP contribution < -0.4 is 21.7 Å². The lowest BCUT2D eigenvalue weighted by atomic mass is 10.1. The number of nitrogens with zero attached hydrogens (tertiary/aromatic N) is 2. The van der Waals surface area contributed by atoms with Crippen LogP contribution in [0, 0.1) is 11.7 Å². The van der Waals surface area contributed by atoms with E-state index in [0.29, 0.717) is 24.0 Å². The highest BCUT2D eigenvalue weighted by molar-refractivity contribution is 7.09. The maximum absolute atomic E-state index is 13.7. The van der Waals surface area contributed by atoms with Crippen LogP contribution in [0.3, 0.4) is 0 Å². The molecule has 1 atom stereocenters. The van der Waals surface area contributed by atoms with Gasteiger partial charge in [-0.3, -0.25) is 19.3 Å². The molecule has 1 aromatic heterocycles. The number of benzene rings is 1. The number of carbonyl (C=O) groups is 3. The predicted molar refractivity (Wildman–Crippen MR) is 120 cm³/mol. The molecule has 0 saturated heterocycles. The average Bonchev–Trinajstić information content (AvgIpc) is 3.09. The molecule has 8 nitrogen and oxygen atoms in total. The highest BCUT2D eigenvalue weighted by Gasteiger charge is 2.34. The van der Waals surface area contributed by atoms with E-state index in [1.54, 1.807) is 6.92 Å². The van der Waals surface area contributed by atoms with Gasteiger partial charge in [-0.05, 0) is 48.5 Å². The summed E-state index contributed by atoms with van der Waals surface area (Å²) >= 11 is 6.62. The first kappa shape index (κ1) is 24.5. The van der Waals surface area contributed by atoms with Crippen molar-refractivity contribution in [1.82, 2.24) is 9.69 Å². The fourth-order valence-corrected chi connectivity index (χ4v) is 3.82. The zero-order valence-corrected chi connectivity index (χ0v) is 19.0. The highest BCUT2D eigenvalue weighted by atomic mass is 35.5. The van der Waals surface area contributed by atoms with Gasteiger partial charge in [-0.1, -0.05) is 32.4 Å². The molecule has 5 N–H and O–H groups in total. The fraction of sp³-hybridized carbons (Fsp3) is 0.400. The fourth-order valence-electron chi connectivity index (χ4n) is 2.90. The number of hydrogen-bond donors (Lipinski definition) is 3. The van der Waals surface area contributed by atoms with Crippen LogP contribution in [0.5, 0.6) is 0 Å². The monoisotopic (exact) mass is 469 g/mol. The summed E-state index contributed by atoms with van der Waals surface area (Å²) in [5.74, 6) is -2.20. The van der Waals surface area contributed by atoms with E-state index in [4.69, 9.17) is 23.1 Å². The van der Waals surface area contributed by atoms with Crippen LogP contribution in [0.2, 0.25) is 5.02 Å². The Morgan fingerprint density at radius 2 is 2.00 bits per heavy atom. The molecule has 168 valence electrons. The number of anilines is 2. The molecule has 11 heteroatoms. The zero-order valence-electron chi connectivity index (χ0n) is 17.4. The molecule has 0 radical (unpaired) electrons. The number of nitrogen functional groups attached to an aromatic ring is 1. The molecule has 1 heterocycles. The average molecular weight is 470 g/mol. The van der Waals surface area contributed by atoms with Crippen molar-refractivity contribution < 1.29 is 18.8 Å². The van der Waals surface area contributed by atoms with Gasteiger partial charge >= 0.3 is 0 Å². The smallest absolute Gasteiger partial charge is 0.272 e. The maximum atomic E-state index is 13.7. The maximum Gasteiger partial charge on any atom is 0.272 e. The molecular weight excluding hydrogens is 445 g/mol. The number of carbonyl (C=O) groups excluding carboxylic acids is 3. The Morgan fingerprint density at radius 1 is 1.32 bits per heavy atom. The molecule has 2 aromatic rings. The number of amides is 3. The van der Waals surface area contributed by atoms with E-state index in [-0.39, 0.29) is 39.3 Å². The minimum atomic E-state index is -0.931. The van der Waals surface area contributed by atoms with Gasteiger partial charge in [0.1, 0.15) is 16.7 Å². The van der Waals surface area contributed by atoms with E-state index in [2.05, 4.69) is 9.69 Å². The van der Waals surface area contributed by atoms with E-state index in [9.17, 15) is 18.8 Å². The topological polar surface area (TPSA) is 131 Å². The minimum absolute atomic E-state index is 0.0531. The van der Waals surface area contributed by atoms with Crippen LogP contribution in [0.15, 0.2) is 18.2 Å². The van der Waals surface area contributed by atoms with E-state index in [1.807, 2.05) is 13.8 Å². The van der Waals surface area contributed by atoms with E-state index < -0.39 is 23.7 Å². The number of nitrogens with two attached hydrogens (primary N) is 2. The molecule has 0 spiro atoms. The van der Waals surface area contributed by atoms with Gasteiger partial charge in [0.25, 0.3) is 11.8 Å². The van der Waals surface area contributed by atoms with Gasteiger partial charge in [-0.2, -0.15) is 4.37 Å². The molecule has 31 heavy (non-hydrogen) atoms. The minimum Gasteiger partial charge on any atom is -0.395 e. The molecule has 0 aliphatic carbocycles. The standard InChI is InChI=1S/C20H25ClFN5O3S/c1-4-14(19(29)25-8-7-10(2)3)27(11-5-6-13(22)12(21)9-11)20(30)17-15(23)16(18(24)28)26-31-17/h5-6,9-10,14H,4,7-8,23H2,1-3H3,(H2,24,28)(H,25,29)/t14-/m0/s1. The Bertz CT molecular complexity index is 982. The van der Waals surface area contributed by atoms with Crippen LogP contribution in [0.1, 0.15) is 53.8 Å². The summed E-state index contributed by atoms with van der Waals surface area (Å²) in [4.78, 5) is 39.0. The van der Waals surface area contributed by atoms with Crippen molar-refractivity contribution in [1.29, 1.82) is 0 Å². The Labute approximate surface area is 188 Å². The van der Waals surface area contributed by atoms with E-state index >= 15 is 0 Å². The quantitative estimate of drug-likeness (QED) is 0.518. The number of halogens is 2. The number of rotatable bonds is 9. The van der Waals surface area contributed by atoms with Crippen LogP contribution >= 0.6 is 23.1 Å². The summed E-state index contributed by atoms with van der Waals surface area (Å²) < 4.78 is 17.6. The predicted octanol–water partition coefficient (Wildman–Crippen LogP) is 3.20. The molecule has 0 aliphatic heterocycles. The van der Waals surface area contributed by atoms with Gasteiger partial charge in [0.15, 0.2) is 5.69 Å². The van der Waals surface area contributed by atoms with Crippen molar-refractivity contribution in [2.24, 2.45) is 11.7 Å². The lowest BCUT2D eigenvalue weighted by molar-refractivity contribution is -0.122. The van der Waals surface area contributed by atoms with Crippen LogP contribution in [0.25, 0.3) is 0 Å². The Kier molecular flexibility index (Phi) is 8.35. The first-order valence-electron chi connectivity index (χ1n) is 9.69. The molecule has 0 saturated carbocycles. The number of hydrogen-bond acceptors (Lipinski definition) is 6. The zero-order chi connectivity index (χ0) is 23.3. The molecule has 3 amide bonds. The second-order valence-corrected chi connectivity index (χ2v) is 8.49. The lowest BCUT2D eigenvalue weighted by Gasteiger charge is -2.30. The Hall–Kier alpha value is -2.72. The van der Waals surface area contributed by atoms with Crippen molar-refractivity contribution in [3.8, 4) is 0 Å². The first-order chi connectivity index (χ1) is 14.6. The summed E-state index contributed by atoms with van der Waals surface area (Å²) in [5.41, 5.74) is 11.0. The first-order valence-corrected chi connectivity index (χ1v) is 10.8. The second kappa shape index (κ2) is 10.5. The summed E-state index contributed by atoms with van der Waals surface area (Å²) in [6.07, 6.45) is 1.03. The SMILES string of the molecule is CC[C@@H](C(=O)NCCC(C)C)N(C(=O)c1snc(C(N)=O)c1N)c1ccc(F)c(Cl)c1.